The Hall–Kier alpha value is -1.52. The van der Waals surface area contributed by atoms with E-state index in [4.69, 9.17) is 5.53 Å². The number of hydrogen-bond acceptors (Lipinski definition) is 3. The predicted octanol–water partition coefficient (Wildman–Crippen LogP) is 2.93. The second-order valence-corrected chi connectivity index (χ2v) is 4.00. The van der Waals surface area contributed by atoms with Gasteiger partial charge in [0.1, 0.15) is 5.52 Å². The molecule has 2 aromatic heterocycles. The van der Waals surface area contributed by atoms with E-state index in [-0.39, 0.29) is 0 Å². The molecule has 2 rings (SSSR count). The minimum atomic E-state index is 0.420. The molecule has 2 heterocycles. The van der Waals surface area contributed by atoms with E-state index in [2.05, 4.69) is 22.0 Å². The quantitative estimate of drug-likeness (QED) is 0.433. The minimum Gasteiger partial charge on any atom is -0.271 e. The van der Waals surface area contributed by atoms with E-state index in [1.54, 1.807) is 11.3 Å². The van der Waals surface area contributed by atoms with Gasteiger partial charge >= 0.3 is 0 Å². The molecule has 0 spiro atoms. The van der Waals surface area contributed by atoms with Crippen molar-refractivity contribution in [3.05, 3.63) is 27.6 Å². The van der Waals surface area contributed by atoms with Crippen LogP contribution in [0.4, 0.5) is 0 Å². The summed E-state index contributed by atoms with van der Waals surface area (Å²) in [6, 6.07) is 1.97. The van der Waals surface area contributed by atoms with Crippen LogP contribution < -0.4 is 0 Å². The van der Waals surface area contributed by atoms with Crippen molar-refractivity contribution in [2.24, 2.45) is 5.11 Å². The highest BCUT2D eigenvalue weighted by Crippen LogP contribution is 2.24. The monoisotopic (exact) mass is 207 g/mol. The molecule has 0 aromatic carbocycles. The van der Waals surface area contributed by atoms with E-state index < -0.39 is 0 Å². The molecule has 0 atom stereocenters. The molecule has 2 aromatic rings. The maximum atomic E-state index is 8.18. The lowest BCUT2D eigenvalue weighted by Crippen LogP contribution is -1.92. The molecule has 0 fully saturated rings. The van der Waals surface area contributed by atoms with Gasteiger partial charge in [-0.05, 0) is 18.5 Å². The normalized spacial score (nSPS) is 10.4. The number of thiophene rings is 1. The molecule has 0 saturated carbocycles. The smallest absolute Gasteiger partial charge is 0.103 e. The first-order chi connectivity index (χ1) is 6.83. The molecule has 0 N–H and O–H groups in total. The second-order valence-electron chi connectivity index (χ2n) is 2.84. The van der Waals surface area contributed by atoms with Crippen LogP contribution in [0.3, 0.4) is 0 Å². The molecule has 0 aliphatic carbocycles. The average molecular weight is 207 g/mol. The van der Waals surface area contributed by atoms with E-state index >= 15 is 0 Å². The largest absolute Gasteiger partial charge is 0.271 e. The first-order valence-corrected chi connectivity index (χ1v) is 5.12. The van der Waals surface area contributed by atoms with E-state index in [9.17, 15) is 0 Å². The van der Waals surface area contributed by atoms with Crippen LogP contribution >= 0.6 is 11.3 Å². The summed E-state index contributed by atoms with van der Waals surface area (Å²) in [5, 5.41) is 7.87. The summed E-state index contributed by atoms with van der Waals surface area (Å²) < 4.78 is 3.05. The van der Waals surface area contributed by atoms with E-state index in [1.807, 2.05) is 16.9 Å². The van der Waals surface area contributed by atoms with Crippen molar-refractivity contribution in [3.8, 4) is 0 Å². The van der Waals surface area contributed by atoms with Crippen molar-refractivity contribution in [1.29, 1.82) is 0 Å². The Balaban J connectivity index is 2.34. The molecule has 0 radical (unpaired) electrons. The van der Waals surface area contributed by atoms with Crippen LogP contribution in [0.5, 0.6) is 0 Å². The molecule has 0 aliphatic heterocycles. The van der Waals surface area contributed by atoms with E-state index in [1.165, 1.54) is 0 Å². The van der Waals surface area contributed by atoms with Gasteiger partial charge in [0.25, 0.3) is 0 Å². The molecular formula is C8H9N5S. The van der Waals surface area contributed by atoms with Crippen molar-refractivity contribution >= 4 is 21.6 Å². The van der Waals surface area contributed by atoms with Gasteiger partial charge in [-0.3, -0.25) is 4.68 Å². The maximum Gasteiger partial charge on any atom is 0.103 e. The van der Waals surface area contributed by atoms with Gasteiger partial charge in [-0.1, -0.05) is 5.11 Å². The average Bonchev–Trinajstić information content (AvgIpc) is 2.71. The zero-order valence-electron chi connectivity index (χ0n) is 7.71. The van der Waals surface area contributed by atoms with Gasteiger partial charge in [-0.25, -0.2) is 0 Å². The van der Waals surface area contributed by atoms with Gasteiger partial charge in [-0.2, -0.15) is 5.10 Å². The Kier molecular flexibility index (Phi) is 2.39. The molecule has 0 saturated heterocycles. The van der Waals surface area contributed by atoms with E-state index in [0.717, 1.165) is 21.6 Å². The van der Waals surface area contributed by atoms with Crippen LogP contribution in [0.1, 0.15) is 11.8 Å². The summed E-state index contributed by atoms with van der Waals surface area (Å²) in [7, 11) is 0. The molecule has 0 bridgehead atoms. The predicted molar refractivity (Wildman–Crippen MR) is 56.1 cm³/mol. The van der Waals surface area contributed by atoms with E-state index in [0.29, 0.717) is 6.54 Å². The third-order valence-electron chi connectivity index (χ3n) is 1.91. The maximum absolute atomic E-state index is 8.18. The first kappa shape index (κ1) is 9.05. The van der Waals surface area contributed by atoms with Gasteiger partial charge < -0.3 is 0 Å². The van der Waals surface area contributed by atoms with Crippen molar-refractivity contribution in [3.63, 3.8) is 0 Å². The Morgan fingerprint density at radius 3 is 3.21 bits per heavy atom. The molecule has 72 valence electrons. The number of aryl methyl sites for hydroxylation is 1. The molecule has 0 aliphatic rings. The molecule has 0 amide bonds. The van der Waals surface area contributed by atoms with Crippen LogP contribution in [-0.2, 0) is 13.1 Å². The van der Waals surface area contributed by atoms with Crippen molar-refractivity contribution in [1.82, 2.24) is 9.78 Å². The highest BCUT2D eigenvalue weighted by atomic mass is 32.1. The summed E-state index contributed by atoms with van der Waals surface area (Å²) in [5.41, 5.74) is 9.16. The fourth-order valence-corrected chi connectivity index (χ4v) is 2.22. The highest BCUT2D eigenvalue weighted by Gasteiger charge is 2.04. The Labute approximate surface area is 84.6 Å². The number of nitrogens with zero attached hydrogens (tertiary/aromatic N) is 5. The third-order valence-corrected chi connectivity index (χ3v) is 2.95. The molecule has 0 unspecified atom stereocenters. The van der Waals surface area contributed by atoms with Crippen molar-refractivity contribution in [2.75, 3.05) is 0 Å². The Morgan fingerprint density at radius 2 is 2.57 bits per heavy atom. The minimum absolute atomic E-state index is 0.420. The van der Waals surface area contributed by atoms with Crippen LogP contribution in [-0.4, -0.2) is 9.78 Å². The Morgan fingerprint density at radius 1 is 1.71 bits per heavy atom. The van der Waals surface area contributed by atoms with Crippen LogP contribution in [0.2, 0.25) is 0 Å². The Bertz CT molecular complexity index is 459. The number of azide groups is 1. The lowest BCUT2D eigenvalue weighted by molar-refractivity contribution is 0.668. The van der Waals surface area contributed by atoms with Crippen molar-refractivity contribution in [2.45, 2.75) is 20.0 Å². The summed E-state index contributed by atoms with van der Waals surface area (Å²) >= 11 is 1.63. The zero-order chi connectivity index (χ0) is 9.97. The van der Waals surface area contributed by atoms with Gasteiger partial charge in [0.15, 0.2) is 0 Å². The molecular weight excluding hydrogens is 198 g/mol. The second kappa shape index (κ2) is 3.69. The van der Waals surface area contributed by atoms with Gasteiger partial charge in [0.05, 0.1) is 11.2 Å². The molecule has 14 heavy (non-hydrogen) atoms. The van der Waals surface area contributed by atoms with Gasteiger partial charge in [0.2, 0.25) is 0 Å². The van der Waals surface area contributed by atoms with Gasteiger partial charge in [0, 0.05) is 22.5 Å². The lowest BCUT2D eigenvalue weighted by atomic mass is 10.4. The number of fused-ring (bicyclic) bond motifs is 1. The fourth-order valence-electron chi connectivity index (χ4n) is 1.26. The van der Waals surface area contributed by atoms with Crippen LogP contribution in [0.15, 0.2) is 17.4 Å². The van der Waals surface area contributed by atoms with Crippen LogP contribution in [0.25, 0.3) is 20.7 Å². The topological polar surface area (TPSA) is 66.6 Å². The molecule has 6 heteroatoms. The SMILES string of the molecule is CCn1cc2sc(CN=[N+]=[N-])cc2n1. The van der Waals surface area contributed by atoms with Crippen LogP contribution in [0, 0.1) is 0 Å². The standard InChI is InChI=1S/C8H9N5S/c1-2-13-5-8-7(11-13)3-6(14-8)4-10-12-9/h3,5H,2,4H2,1H3. The summed E-state index contributed by atoms with van der Waals surface area (Å²) in [6.07, 6.45) is 2.01. The number of aromatic nitrogens is 2. The number of rotatable bonds is 3. The summed E-state index contributed by atoms with van der Waals surface area (Å²) in [4.78, 5) is 3.78. The fraction of sp³-hybridized carbons (Fsp3) is 0.375. The zero-order valence-corrected chi connectivity index (χ0v) is 8.53. The highest BCUT2D eigenvalue weighted by molar-refractivity contribution is 7.19. The number of hydrogen-bond donors (Lipinski definition) is 0. The van der Waals surface area contributed by atoms with Gasteiger partial charge in [-0.15, -0.1) is 11.3 Å². The summed E-state index contributed by atoms with van der Waals surface area (Å²) in [5.74, 6) is 0. The molecule has 5 nitrogen and oxygen atoms in total. The third kappa shape index (κ3) is 1.57. The first-order valence-electron chi connectivity index (χ1n) is 4.30. The van der Waals surface area contributed by atoms with Crippen molar-refractivity contribution < 1.29 is 0 Å². The lowest BCUT2D eigenvalue weighted by Gasteiger charge is -1.90. The summed E-state index contributed by atoms with van der Waals surface area (Å²) in [6.45, 7) is 3.36.